The second kappa shape index (κ2) is 5.58. The van der Waals surface area contributed by atoms with Crippen LogP contribution in [0.2, 0.25) is 0 Å². The number of aliphatic hydroxyl groups is 1. The van der Waals surface area contributed by atoms with Gasteiger partial charge in [0.15, 0.2) is 0 Å². The normalized spacial score (nSPS) is 14.9. The summed E-state index contributed by atoms with van der Waals surface area (Å²) in [6, 6.07) is 14.1. The third-order valence-electron chi connectivity index (χ3n) is 3.88. The number of rotatable bonds is 3. The average molecular weight is 282 g/mol. The fourth-order valence-electron chi connectivity index (χ4n) is 2.48. The first kappa shape index (κ1) is 13.6. The Bertz CT molecular complexity index is 665. The van der Waals surface area contributed by atoms with Crippen LogP contribution in [0.25, 0.3) is 11.1 Å². The van der Waals surface area contributed by atoms with Crippen LogP contribution in [0.4, 0.5) is 10.5 Å². The lowest BCUT2D eigenvalue weighted by Gasteiger charge is -2.19. The zero-order chi connectivity index (χ0) is 14.8. The van der Waals surface area contributed by atoms with Gasteiger partial charge in [0.05, 0.1) is 0 Å². The first-order chi connectivity index (χ1) is 10.2. The fraction of sp³-hybridized carbons (Fsp3) is 0.235. The van der Waals surface area contributed by atoms with E-state index in [1.54, 1.807) is 0 Å². The fourth-order valence-corrected chi connectivity index (χ4v) is 2.48. The zero-order valence-electron chi connectivity index (χ0n) is 11.9. The molecule has 21 heavy (non-hydrogen) atoms. The summed E-state index contributed by atoms with van der Waals surface area (Å²) in [4.78, 5) is 11.4. The van der Waals surface area contributed by atoms with E-state index in [1.165, 1.54) is 0 Å². The highest BCUT2D eigenvalue weighted by Crippen LogP contribution is 2.28. The van der Waals surface area contributed by atoms with Crippen LogP contribution in [0.15, 0.2) is 42.5 Å². The molecule has 2 aromatic rings. The Kier molecular flexibility index (Phi) is 3.62. The maximum Gasteiger partial charge on any atom is 0.319 e. The van der Waals surface area contributed by atoms with Gasteiger partial charge in [-0.05, 0) is 28.3 Å². The van der Waals surface area contributed by atoms with E-state index in [-0.39, 0.29) is 18.6 Å². The van der Waals surface area contributed by atoms with Crippen LogP contribution in [0.3, 0.4) is 0 Å². The van der Waals surface area contributed by atoms with Gasteiger partial charge in [0, 0.05) is 24.8 Å². The van der Waals surface area contributed by atoms with Crippen molar-refractivity contribution in [3.05, 3.63) is 53.6 Å². The second-order valence-electron chi connectivity index (χ2n) is 5.39. The SMILES string of the molecule is CC(CO)c1ccc(-c2ccc3c(c2)NC(=O)NC3)cc1. The Morgan fingerprint density at radius 3 is 2.57 bits per heavy atom. The Labute approximate surface area is 123 Å². The number of fused-ring (bicyclic) bond motifs is 1. The lowest BCUT2D eigenvalue weighted by molar-refractivity contribution is 0.251. The molecule has 1 aliphatic rings. The smallest absolute Gasteiger partial charge is 0.319 e. The molecule has 3 rings (SSSR count). The van der Waals surface area contributed by atoms with E-state index in [9.17, 15) is 9.90 Å². The van der Waals surface area contributed by atoms with Crippen molar-refractivity contribution in [3.8, 4) is 11.1 Å². The van der Waals surface area contributed by atoms with Gasteiger partial charge < -0.3 is 15.7 Å². The van der Waals surface area contributed by atoms with Crippen LogP contribution in [-0.2, 0) is 6.54 Å². The lowest BCUT2D eigenvalue weighted by atomic mass is 9.97. The molecule has 1 unspecified atom stereocenters. The van der Waals surface area contributed by atoms with Gasteiger partial charge >= 0.3 is 6.03 Å². The van der Waals surface area contributed by atoms with Crippen LogP contribution >= 0.6 is 0 Å². The summed E-state index contributed by atoms with van der Waals surface area (Å²) in [5, 5.41) is 14.8. The minimum absolute atomic E-state index is 0.146. The van der Waals surface area contributed by atoms with Gasteiger partial charge in [-0.2, -0.15) is 0 Å². The van der Waals surface area contributed by atoms with E-state index in [4.69, 9.17) is 0 Å². The summed E-state index contributed by atoms with van der Waals surface area (Å²) in [5.74, 6) is 0.146. The van der Waals surface area contributed by atoms with Crippen molar-refractivity contribution in [1.82, 2.24) is 5.32 Å². The molecule has 4 nitrogen and oxygen atoms in total. The second-order valence-corrected chi connectivity index (χ2v) is 5.39. The van der Waals surface area contributed by atoms with E-state index < -0.39 is 0 Å². The summed E-state index contributed by atoms with van der Waals surface area (Å²) in [6.07, 6.45) is 0. The number of carbonyl (C=O) groups excluding carboxylic acids is 1. The average Bonchev–Trinajstić information content (AvgIpc) is 2.53. The Hall–Kier alpha value is -2.33. The standard InChI is InChI=1S/C17H18N2O2/c1-11(10-20)12-2-4-13(5-3-12)14-6-7-15-9-18-17(21)19-16(15)8-14/h2-8,11,20H,9-10H2,1H3,(H2,18,19,21). The number of urea groups is 1. The van der Waals surface area contributed by atoms with E-state index >= 15 is 0 Å². The molecule has 2 aromatic carbocycles. The first-order valence-corrected chi connectivity index (χ1v) is 7.06. The highest BCUT2D eigenvalue weighted by Gasteiger charge is 2.14. The molecule has 0 fully saturated rings. The van der Waals surface area contributed by atoms with Crippen LogP contribution in [0.1, 0.15) is 24.0 Å². The molecule has 1 aliphatic heterocycles. The molecule has 0 aromatic heterocycles. The topological polar surface area (TPSA) is 61.4 Å². The number of carbonyl (C=O) groups is 1. The van der Waals surface area contributed by atoms with Crippen molar-refractivity contribution >= 4 is 11.7 Å². The van der Waals surface area contributed by atoms with E-state index in [0.717, 1.165) is 27.9 Å². The molecule has 4 heteroatoms. The van der Waals surface area contributed by atoms with Gasteiger partial charge in [0.1, 0.15) is 0 Å². The van der Waals surface area contributed by atoms with Crippen LogP contribution in [0, 0.1) is 0 Å². The van der Waals surface area contributed by atoms with Crippen molar-refractivity contribution in [2.24, 2.45) is 0 Å². The highest BCUT2D eigenvalue weighted by molar-refractivity contribution is 5.93. The number of hydrogen-bond acceptors (Lipinski definition) is 2. The number of anilines is 1. The first-order valence-electron chi connectivity index (χ1n) is 7.06. The molecular formula is C17H18N2O2. The van der Waals surface area contributed by atoms with Gasteiger partial charge in [0.25, 0.3) is 0 Å². The molecule has 1 atom stereocenters. The number of hydrogen-bond donors (Lipinski definition) is 3. The minimum Gasteiger partial charge on any atom is -0.396 e. The Morgan fingerprint density at radius 1 is 1.14 bits per heavy atom. The van der Waals surface area contributed by atoms with Gasteiger partial charge in [-0.15, -0.1) is 0 Å². The molecule has 2 amide bonds. The molecule has 0 bridgehead atoms. The van der Waals surface area contributed by atoms with E-state index in [1.807, 2.05) is 43.3 Å². The summed E-state index contributed by atoms with van der Waals surface area (Å²) in [5.41, 5.74) is 5.24. The van der Waals surface area contributed by atoms with Crippen LogP contribution < -0.4 is 10.6 Å². The molecule has 3 N–H and O–H groups in total. The maximum absolute atomic E-state index is 11.4. The van der Waals surface area contributed by atoms with Crippen molar-refractivity contribution in [2.75, 3.05) is 11.9 Å². The van der Waals surface area contributed by atoms with Gasteiger partial charge in [-0.25, -0.2) is 4.79 Å². The van der Waals surface area contributed by atoms with Crippen LogP contribution in [-0.4, -0.2) is 17.7 Å². The molecule has 0 saturated carbocycles. The number of nitrogens with one attached hydrogen (secondary N) is 2. The largest absolute Gasteiger partial charge is 0.396 e. The lowest BCUT2D eigenvalue weighted by Crippen LogP contribution is -2.33. The third kappa shape index (κ3) is 2.76. The Morgan fingerprint density at radius 2 is 1.86 bits per heavy atom. The van der Waals surface area contributed by atoms with E-state index in [2.05, 4.69) is 16.7 Å². The predicted octanol–water partition coefficient (Wildman–Crippen LogP) is 3.08. The van der Waals surface area contributed by atoms with Gasteiger partial charge in [-0.3, -0.25) is 0 Å². The van der Waals surface area contributed by atoms with Crippen molar-refractivity contribution in [1.29, 1.82) is 0 Å². The molecule has 0 radical (unpaired) electrons. The van der Waals surface area contributed by atoms with Crippen LogP contribution in [0.5, 0.6) is 0 Å². The maximum atomic E-state index is 11.4. The van der Waals surface area contributed by atoms with Crippen molar-refractivity contribution in [2.45, 2.75) is 19.4 Å². The Balaban J connectivity index is 1.90. The summed E-state index contributed by atoms with van der Waals surface area (Å²) in [6.45, 7) is 2.71. The number of aliphatic hydroxyl groups excluding tert-OH is 1. The van der Waals surface area contributed by atoms with Crippen molar-refractivity contribution in [3.63, 3.8) is 0 Å². The summed E-state index contributed by atoms with van der Waals surface area (Å²) < 4.78 is 0. The van der Waals surface area contributed by atoms with Gasteiger partial charge in [0.2, 0.25) is 0 Å². The molecule has 1 heterocycles. The molecule has 0 spiro atoms. The molecular weight excluding hydrogens is 264 g/mol. The quantitative estimate of drug-likeness (QED) is 0.810. The highest BCUT2D eigenvalue weighted by atomic mass is 16.3. The number of amides is 2. The summed E-state index contributed by atoms with van der Waals surface area (Å²) in [7, 11) is 0. The zero-order valence-corrected chi connectivity index (χ0v) is 11.9. The van der Waals surface area contributed by atoms with Crippen molar-refractivity contribution < 1.29 is 9.90 Å². The molecule has 0 saturated heterocycles. The third-order valence-corrected chi connectivity index (χ3v) is 3.88. The predicted molar refractivity (Wildman–Crippen MR) is 83.2 cm³/mol. The molecule has 0 aliphatic carbocycles. The monoisotopic (exact) mass is 282 g/mol. The van der Waals surface area contributed by atoms with Gasteiger partial charge in [-0.1, -0.05) is 43.3 Å². The van der Waals surface area contributed by atoms with E-state index in [0.29, 0.717) is 6.54 Å². The number of benzene rings is 2. The molecule has 108 valence electrons. The summed E-state index contributed by atoms with van der Waals surface area (Å²) >= 11 is 0. The minimum atomic E-state index is -0.160.